The quantitative estimate of drug-likeness (QED) is 0.464. The van der Waals surface area contributed by atoms with Crippen molar-refractivity contribution in [3.63, 3.8) is 0 Å². The molecule has 4 rings (SSSR count). The molecule has 7 nitrogen and oxygen atoms in total. The maximum atomic E-state index is 12.8. The number of nitro groups is 1. The molecule has 1 unspecified atom stereocenters. The molecule has 0 radical (unpaired) electrons. The molecule has 0 bridgehead atoms. The first-order valence-electron chi connectivity index (χ1n) is 9.86. The number of nitrogens with one attached hydrogen (secondary N) is 1. The Balaban J connectivity index is 1.38. The van der Waals surface area contributed by atoms with Crippen LogP contribution in [-0.2, 0) is 11.3 Å². The molecule has 0 aliphatic carbocycles. The van der Waals surface area contributed by atoms with E-state index in [0.29, 0.717) is 16.4 Å². The number of rotatable bonds is 6. The maximum Gasteiger partial charge on any atom is 0.270 e. The number of carbonyl (C=O) groups excluding carboxylic acids is 1. The summed E-state index contributed by atoms with van der Waals surface area (Å²) in [6.07, 6.45) is 1.85. The highest BCUT2D eigenvalue weighted by Crippen LogP contribution is 2.28. The predicted molar refractivity (Wildman–Crippen MR) is 117 cm³/mol. The lowest BCUT2D eigenvalue weighted by Crippen LogP contribution is -2.40. The van der Waals surface area contributed by atoms with Crippen LogP contribution in [0.4, 0.5) is 10.8 Å². The van der Waals surface area contributed by atoms with Crippen LogP contribution in [0.15, 0.2) is 60.0 Å². The topological polar surface area (TPSA) is 88.4 Å². The first-order chi connectivity index (χ1) is 14.6. The summed E-state index contributed by atoms with van der Waals surface area (Å²) >= 11 is 1.33. The second-order valence-corrected chi connectivity index (χ2v) is 8.25. The van der Waals surface area contributed by atoms with Crippen molar-refractivity contribution in [3.8, 4) is 11.3 Å². The van der Waals surface area contributed by atoms with Crippen molar-refractivity contribution in [2.75, 3.05) is 18.4 Å². The molecule has 30 heavy (non-hydrogen) atoms. The standard InChI is InChI=1S/C22H22N4O3S/c27-21(18-9-5-11-25(14-18)13-16-6-2-1-3-7-16)24-22-23-20(15-30-22)17-8-4-10-19(12-17)26(28)29/h1-4,6-8,10,12,15,18H,5,9,11,13-14H2,(H,23,24,27). The lowest BCUT2D eigenvalue weighted by Gasteiger charge is -2.31. The summed E-state index contributed by atoms with van der Waals surface area (Å²) in [6.45, 7) is 2.56. The van der Waals surface area contributed by atoms with E-state index in [2.05, 4.69) is 27.3 Å². The lowest BCUT2D eigenvalue weighted by molar-refractivity contribution is -0.384. The minimum atomic E-state index is -0.428. The van der Waals surface area contributed by atoms with Crippen LogP contribution in [0, 0.1) is 16.0 Å². The van der Waals surface area contributed by atoms with Gasteiger partial charge in [0, 0.05) is 36.2 Å². The van der Waals surface area contributed by atoms with Crippen molar-refractivity contribution in [2.24, 2.45) is 5.92 Å². The Morgan fingerprint density at radius 3 is 2.87 bits per heavy atom. The predicted octanol–water partition coefficient (Wildman–Crippen LogP) is 4.57. The molecule has 1 aliphatic heterocycles. The fourth-order valence-electron chi connectivity index (χ4n) is 3.70. The first-order valence-corrected chi connectivity index (χ1v) is 10.7. The van der Waals surface area contributed by atoms with Gasteiger partial charge in [0.2, 0.25) is 5.91 Å². The van der Waals surface area contributed by atoms with Gasteiger partial charge in [0.25, 0.3) is 5.69 Å². The molecule has 1 aromatic heterocycles. The minimum absolute atomic E-state index is 0.0202. The van der Waals surface area contributed by atoms with E-state index in [0.717, 1.165) is 32.5 Å². The Hall–Kier alpha value is -3.10. The Morgan fingerprint density at radius 2 is 2.07 bits per heavy atom. The number of piperidine rings is 1. The maximum absolute atomic E-state index is 12.8. The van der Waals surface area contributed by atoms with Crippen LogP contribution in [0.5, 0.6) is 0 Å². The highest BCUT2D eigenvalue weighted by Gasteiger charge is 2.26. The number of benzene rings is 2. The van der Waals surface area contributed by atoms with Crippen molar-refractivity contribution >= 4 is 28.1 Å². The third-order valence-corrected chi connectivity index (χ3v) is 5.97. The summed E-state index contributed by atoms with van der Waals surface area (Å²) < 4.78 is 0. The second kappa shape index (κ2) is 9.15. The largest absolute Gasteiger partial charge is 0.302 e. The number of likely N-dealkylation sites (tertiary alicyclic amines) is 1. The molecule has 3 aromatic rings. The highest BCUT2D eigenvalue weighted by atomic mass is 32.1. The van der Waals surface area contributed by atoms with Gasteiger partial charge in [-0.2, -0.15) is 0 Å². The van der Waals surface area contributed by atoms with E-state index >= 15 is 0 Å². The van der Waals surface area contributed by atoms with Gasteiger partial charge < -0.3 is 5.32 Å². The van der Waals surface area contributed by atoms with Crippen LogP contribution >= 0.6 is 11.3 Å². The van der Waals surface area contributed by atoms with Crippen LogP contribution in [0.1, 0.15) is 18.4 Å². The molecule has 1 amide bonds. The summed E-state index contributed by atoms with van der Waals surface area (Å²) in [7, 11) is 0. The Kier molecular flexibility index (Phi) is 6.15. The zero-order valence-electron chi connectivity index (χ0n) is 16.4. The summed E-state index contributed by atoms with van der Waals surface area (Å²) in [5.74, 6) is -0.0969. The summed E-state index contributed by atoms with van der Waals surface area (Å²) in [4.78, 5) is 30.1. The zero-order valence-corrected chi connectivity index (χ0v) is 17.2. The van der Waals surface area contributed by atoms with Crippen molar-refractivity contribution in [1.82, 2.24) is 9.88 Å². The van der Waals surface area contributed by atoms with Gasteiger partial charge in [-0.25, -0.2) is 4.98 Å². The molecule has 0 spiro atoms. The number of hydrogen-bond acceptors (Lipinski definition) is 6. The molecular weight excluding hydrogens is 400 g/mol. The first kappa shape index (κ1) is 20.2. The van der Waals surface area contributed by atoms with Gasteiger partial charge in [0.05, 0.1) is 16.5 Å². The third-order valence-electron chi connectivity index (χ3n) is 5.21. The number of anilines is 1. The normalized spacial score (nSPS) is 16.9. The number of nitro benzene ring substituents is 1. The van der Waals surface area contributed by atoms with Gasteiger partial charge in [-0.3, -0.25) is 19.8 Å². The number of nitrogens with zero attached hydrogens (tertiary/aromatic N) is 3. The van der Waals surface area contributed by atoms with Crippen LogP contribution in [0.2, 0.25) is 0 Å². The van der Waals surface area contributed by atoms with Gasteiger partial charge in [-0.05, 0) is 24.9 Å². The monoisotopic (exact) mass is 422 g/mol. The Bertz CT molecular complexity index is 1040. The van der Waals surface area contributed by atoms with Gasteiger partial charge in [0.15, 0.2) is 5.13 Å². The molecule has 1 saturated heterocycles. The highest BCUT2D eigenvalue weighted by molar-refractivity contribution is 7.14. The molecule has 2 aromatic carbocycles. The van der Waals surface area contributed by atoms with E-state index < -0.39 is 4.92 Å². The molecular formula is C22H22N4O3S. The average Bonchev–Trinajstić information content (AvgIpc) is 3.23. The van der Waals surface area contributed by atoms with E-state index in [-0.39, 0.29) is 17.5 Å². The van der Waals surface area contributed by atoms with Gasteiger partial charge >= 0.3 is 0 Å². The number of carbonyl (C=O) groups is 1. The van der Waals surface area contributed by atoms with Crippen molar-refractivity contribution < 1.29 is 9.72 Å². The molecule has 1 N–H and O–H groups in total. The number of aromatic nitrogens is 1. The van der Waals surface area contributed by atoms with Gasteiger partial charge in [0.1, 0.15) is 0 Å². The van der Waals surface area contributed by atoms with E-state index in [1.54, 1.807) is 17.5 Å². The Morgan fingerprint density at radius 1 is 1.23 bits per heavy atom. The Labute approximate surface area is 178 Å². The van der Waals surface area contributed by atoms with Crippen molar-refractivity contribution in [2.45, 2.75) is 19.4 Å². The van der Waals surface area contributed by atoms with Gasteiger partial charge in [-0.15, -0.1) is 11.3 Å². The summed E-state index contributed by atoms with van der Waals surface area (Å²) in [5.41, 5.74) is 2.55. The third kappa shape index (κ3) is 4.90. The fraction of sp³-hybridized carbons (Fsp3) is 0.273. The molecule has 1 atom stereocenters. The van der Waals surface area contributed by atoms with E-state index in [9.17, 15) is 14.9 Å². The van der Waals surface area contributed by atoms with Gasteiger partial charge in [-0.1, -0.05) is 42.5 Å². The van der Waals surface area contributed by atoms with Crippen molar-refractivity contribution in [3.05, 3.63) is 75.7 Å². The number of hydrogen-bond donors (Lipinski definition) is 1. The summed E-state index contributed by atoms with van der Waals surface area (Å²) in [6, 6.07) is 16.6. The molecule has 8 heteroatoms. The van der Waals surface area contributed by atoms with E-state index in [1.807, 2.05) is 18.2 Å². The molecule has 154 valence electrons. The van der Waals surface area contributed by atoms with Crippen LogP contribution < -0.4 is 5.32 Å². The van der Waals surface area contributed by atoms with Crippen LogP contribution in [0.25, 0.3) is 11.3 Å². The fourth-order valence-corrected chi connectivity index (χ4v) is 4.43. The average molecular weight is 423 g/mol. The molecule has 2 heterocycles. The van der Waals surface area contributed by atoms with E-state index in [4.69, 9.17) is 0 Å². The van der Waals surface area contributed by atoms with E-state index in [1.165, 1.54) is 29.0 Å². The molecule has 1 fully saturated rings. The SMILES string of the molecule is O=C(Nc1nc(-c2cccc([N+](=O)[O-])c2)cs1)C1CCCN(Cc2ccccc2)C1. The number of non-ortho nitro benzene ring substituents is 1. The van der Waals surface area contributed by atoms with Crippen LogP contribution in [-0.4, -0.2) is 33.8 Å². The minimum Gasteiger partial charge on any atom is -0.302 e. The van der Waals surface area contributed by atoms with Crippen LogP contribution in [0.3, 0.4) is 0 Å². The lowest BCUT2D eigenvalue weighted by atomic mass is 9.97. The zero-order chi connectivity index (χ0) is 20.9. The second-order valence-electron chi connectivity index (χ2n) is 7.39. The summed E-state index contributed by atoms with van der Waals surface area (Å²) in [5, 5.41) is 16.2. The smallest absolute Gasteiger partial charge is 0.270 e. The number of thiazole rings is 1. The number of amides is 1. The molecule has 1 aliphatic rings. The molecule has 0 saturated carbocycles. The van der Waals surface area contributed by atoms with Crippen molar-refractivity contribution in [1.29, 1.82) is 0 Å².